The molecule has 2 fully saturated rings. The molecule has 2 aliphatic heterocycles. The highest BCUT2D eigenvalue weighted by Gasteiger charge is 2.67. The van der Waals surface area contributed by atoms with Gasteiger partial charge < -0.3 is 0 Å². The zero-order valence-electron chi connectivity index (χ0n) is 27.6. The molecule has 260 valence electrons. The van der Waals surface area contributed by atoms with Gasteiger partial charge in [0.25, 0.3) is 0 Å². The summed E-state index contributed by atoms with van der Waals surface area (Å²) in [4.78, 5) is 63.6. The highest BCUT2D eigenvalue weighted by Crippen LogP contribution is 2.31. The van der Waals surface area contributed by atoms with Crippen LogP contribution in [-0.4, -0.2) is 79.7 Å². The molecule has 2 heterocycles. The number of nitrogens with zero attached hydrogens (tertiary/aromatic N) is 5. The molecule has 17 heteroatoms. The molecule has 2 saturated heterocycles. The number of Topliss-reactive ketones (excluding diaryl/α,β-unsaturated/α-hetero) is 1. The second-order valence-corrected chi connectivity index (χ2v) is 13.2. The highest BCUT2D eigenvalue weighted by atomic mass is 35.5. The Labute approximate surface area is 270 Å². The van der Waals surface area contributed by atoms with Crippen molar-refractivity contribution in [1.29, 1.82) is 0 Å². The van der Waals surface area contributed by atoms with Crippen molar-refractivity contribution in [3.63, 3.8) is 0 Å². The van der Waals surface area contributed by atoms with E-state index in [0.29, 0.717) is 43.4 Å². The smallest absolute Gasteiger partial charge is 0.300 e. The van der Waals surface area contributed by atoms with Crippen molar-refractivity contribution in [2.45, 2.75) is 105 Å². The number of nitro groups is 4. The van der Waals surface area contributed by atoms with Gasteiger partial charge in [-0.2, -0.15) is 0 Å². The van der Waals surface area contributed by atoms with E-state index < -0.39 is 31.0 Å². The molecular formula is C28H51ClN6O10. The van der Waals surface area contributed by atoms with Crippen molar-refractivity contribution in [3.05, 3.63) is 52.6 Å². The van der Waals surface area contributed by atoms with Gasteiger partial charge in [-0.25, -0.2) is 0 Å². The maximum atomic E-state index is 12.0. The number of halogens is 1. The molecule has 1 N–H and O–H groups in total. The topological polar surface area (TPSA) is 222 Å². The number of allylic oxidation sites excluding steroid dienone is 2. The van der Waals surface area contributed by atoms with Crippen LogP contribution in [0.1, 0.15) is 87.5 Å². The Hall–Kier alpha value is -3.11. The fraction of sp³-hybridized carbons (Fsp3) is 0.857. The van der Waals surface area contributed by atoms with E-state index in [9.17, 15) is 50.0 Å². The zero-order chi connectivity index (χ0) is 34.4. The SMILES string of the molecule is CC(C)C/C=C/C(=O)CC(C)C.CC(C)CC(=O)CC(CC(C)C)N1CC([N+](=O)[O-])([N+](=O)[O-])C1.Cl.O=[N+]([O-])C1([N+](=O)[O-])CNC1. The molecule has 0 spiro atoms. The molecule has 1 atom stereocenters. The summed E-state index contributed by atoms with van der Waals surface area (Å²) in [6, 6.07) is -0.153. The largest absolute Gasteiger partial charge is 0.482 e. The first-order valence-electron chi connectivity index (χ1n) is 14.9. The number of hydrogen-bond donors (Lipinski definition) is 1. The van der Waals surface area contributed by atoms with Crippen LogP contribution < -0.4 is 5.32 Å². The van der Waals surface area contributed by atoms with E-state index in [-0.39, 0.29) is 62.1 Å². The van der Waals surface area contributed by atoms with Gasteiger partial charge in [0.05, 0.1) is 0 Å². The summed E-state index contributed by atoms with van der Waals surface area (Å²) >= 11 is 0. The minimum Gasteiger partial charge on any atom is -0.300 e. The molecule has 16 nitrogen and oxygen atoms in total. The molecule has 0 amide bonds. The van der Waals surface area contributed by atoms with Gasteiger partial charge in [-0.05, 0) is 42.6 Å². The number of likely N-dealkylation sites (tertiary alicyclic amines) is 1. The molecule has 2 rings (SSSR count). The number of carbonyl (C=O) groups excluding carboxylic acids is 2. The molecule has 45 heavy (non-hydrogen) atoms. The second-order valence-electron chi connectivity index (χ2n) is 13.2. The average molecular weight is 667 g/mol. The van der Waals surface area contributed by atoms with Gasteiger partial charge in [0, 0.05) is 25.3 Å². The second kappa shape index (κ2) is 20.1. The fourth-order valence-corrected chi connectivity index (χ4v) is 4.48. The minimum atomic E-state index is -2.10. The lowest BCUT2D eigenvalue weighted by atomic mass is 9.90. The standard InChI is InChI=1S/C14H25N3O5.C11H20O.C3H5N3O4.ClH/c1-10(2)5-12(7-13(18)6-11(3)4)15-8-14(9-15,16(19)20)17(21)22;1-9(2)6-5-7-11(12)8-10(3)4;7-5(8)3(6(9)10)1-4-2-3;/h10-12H,5-9H2,1-4H3;5,7,9-10H,6,8H2,1-4H3;4H,1-2H2;1H/b;7-5+;;. The molecule has 0 saturated carbocycles. The molecule has 0 aliphatic carbocycles. The summed E-state index contributed by atoms with van der Waals surface area (Å²) in [6.07, 6.45) is 6.86. The first-order valence-corrected chi connectivity index (χ1v) is 14.9. The Kier molecular flexibility index (Phi) is 19.7. The Morgan fingerprint density at radius 1 is 0.711 bits per heavy atom. The van der Waals surface area contributed by atoms with Crippen LogP contribution >= 0.6 is 12.4 Å². The van der Waals surface area contributed by atoms with E-state index in [1.54, 1.807) is 11.0 Å². The van der Waals surface area contributed by atoms with Gasteiger partial charge >= 0.3 is 11.3 Å². The van der Waals surface area contributed by atoms with Crippen LogP contribution in [0.2, 0.25) is 0 Å². The van der Waals surface area contributed by atoms with E-state index in [1.165, 1.54) is 0 Å². The molecule has 0 aromatic rings. The Bertz CT molecular complexity index is 1010. The summed E-state index contributed by atoms with van der Waals surface area (Å²) in [5.41, 5.74) is -4.05. The summed E-state index contributed by atoms with van der Waals surface area (Å²) in [7, 11) is 0. The van der Waals surface area contributed by atoms with Gasteiger partial charge in [-0.1, -0.05) is 61.5 Å². The Morgan fingerprint density at radius 2 is 1.16 bits per heavy atom. The van der Waals surface area contributed by atoms with E-state index in [1.807, 2.05) is 33.8 Å². The molecule has 0 aromatic heterocycles. The molecular weight excluding hydrogens is 616 g/mol. The van der Waals surface area contributed by atoms with Crippen LogP contribution in [0.15, 0.2) is 12.2 Å². The van der Waals surface area contributed by atoms with Crippen LogP contribution in [0, 0.1) is 64.1 Å². The lowest BCUT2D eigenvalue weighted by molar-refractivity contribution is -0.811. The van der Waals surface area contributed by atoms with Crippen LogP contribution in [-0.2, 0) is 9.59 Å². The summed E-state index contributed by atoms with van der Waals surface area (Å²) < 4.78 is 0. The molecule has 0 bridgehead atoms. The van der Waals surface area contributed by atoms with Gasteiger partial charge in [0.15, 0.2) is 5.78 Å². The van der Waals surface area contributed by atoms with Crippen molar-refractivity contribution in [2.75, 3.05) is 26.2 Å². The van der Waals surface area contributed by atoms with E-state index in [0.717, 1.165) is 6.42 Å². The number of rotatable bonds is 16. The average Bonchev–Trinajstić information content (AvgIpc) is 2.75. The number of ketones is 2. The van der Waals surface area contributed by atoms with Crippen molar-refractivity contribution in [1.82, 2.24) is 10.2 Å². The number of nitrogens with one attached hydrogen (secondary N) is 1. The monoisotopic (exact) mass is 666 g/mol. The summed E-state index contributed by atoms with van der Waals surface area (Å²) in [6.45, 7) is 15.6. The van der Waals surface area contributed by atoms with Crippen molar-refractivity contribution < 1.29 is 29.3 Å². The van der Waals surface area contributed by atoms with Gasteiger partial charge in [-0.15, -0.1) is 12.4 Å². The third-order valence-corrected chi connectivity index (χ3v) is 6.97. The predicted octanol–water partition coefficient (Wildman–Crippen LogP) is 4.44. The van der Waals surface area contributed by atoms with Crippen molar-refractivity contribution in [2.24, 2.45) is 23.7 Å². The quantitative estimate of drug-likeness (QED) is 0.104. The molecule has 1 unspecified atom stereocenters. The van der Waals surface area contributed by atoms with Crippen LogP contribution in [0.4, 0.5) is 0 Å². The Morgan fingerprint density at radius 3 is 1.44 bits per heavy atom. The first kappa shape index (κ1) is 44.0. The van der Waals surface area contributed by atoms with Crippen LogP contribution in [0.5, 0.6) is 0 Å². The molecule has 2 aliphatic rings. The van der Waals surface area contributed by atoms with Gasteiger partial charge in [-0.3, -0.25) is 60.3 Å². The van der Waals surface area contributed by atoms with Crippen LogP contribution in [0.3, 0.4) is 0 Å². The van der Waals surface area contributed by atoms with Gasteiger partial charge in [0.1, 0.15) is 51.7 Å². The maximum absolute atomic E-state index is 12.0. The lowest BCUT2D eigenvalue weighted by Gasteiger charge is -2.41. The Balaban J connectivity index is 0. The number of carbonyl (C=O) groups is 2. The van der Waals surface area contributed by atoms with Gasteiger partial charge in [0.2, 0.25) is 0 Å². The van der Waals surface area contributed by atoms with E-state index in [2.05, 4.69) is 33.0 Å². The predicted molar refractivity (Wildman–Crippen MR) is 171 cm³/mol. The lowest BCUT2D eigenvalue weighted by Crippen LogP contribution is -2.72. The normalized spacial score (nSPS) is 17.2. The van der Waals surface area contributed by atoms with E-state index >= 15 is 0 Å². The maximum Gasteiger partial charge on any atom is 0.482 e. The van der Waals surface area contributed by atoms with Crippen molar-refractivity contribution in [3.8, 4) is 0 Å². The summed E-state index contributed by atoms with van der Waals surface area (Å²) in [5.74, 6) is 2.07. The van der Waals surface area contributed by atoms with Crippen molar-refractivity contribution >= 4 is 24.0 Å². The third-order valence-electron chi connectivity index (χ3n) is 6.97. The third kappa shape index (κ3) is 14.7. The molecule has 0 aromatic carbocycles. The zero-order valence-corrected chi connectivity index (χ0v) is 28.4. The highest BCUT2D eigenvalue weighted by molar-refractivity contribution is 5.89. The van der Waals surface area contributed by atoms with E-state index in [4.69, 9.17) is 0 Å². The summed E-state index contributed by atoms with van der Waals surface area (Å²) in [5, 5.41) is 44.6. The molecule has 0 radical (unpaired) electrons. The van der Waals surface area contributed by atoms with Crippen LogP contribution in [0.25, 0.3) is 0 Å². The number of hydrogen-bond acceptors (Lipinski definition) is 12. The minimum absolute atomic E-state index is 0. The first-order chi connectivity index (χ1) is 20.2. The fourth-order valence-electron chi connectivity index (χ4n) is 4.48.